The van der Waals surface area contributed by atoms with Gasteiger partial charge < -0.3 is 0 Å². The molecule has 0 atom stereocenters. The second-order valence-electron chi connectivity index (χ2n) is 13.1. The number of allylic oxidation sites excluding steroid dienone is 1. The third-order valence-electron chi connectivity index (χ3n) is 10.5. The molecule has 0 fully saturated rings. The van der Waals surface area contributed by atoms with Gasteiger partial charge in [0.05, 0.1) is 0 Å². The number of hydrogen-bond acceptors (Lipinski definition) is 2. The Hall–Kier alpha value is -5.28. The number of rotatable bonds is 2. The van der Waals surface area contributed by atoms with Crippen LogP contribution in [-0.2, 0) is 6.42 Å². The first kappa shape index (κ1) is 26.8. The minimum atomic E-state index is 1.13. The highest BCUT2D eigenvalue weighted by molar-refractivity contribution is 7.26. The van der Waals surface area contributed by atoms with Crippen LogP contribution in [0, 0.1) is 0 Å². The quantitative estimate of drug-likeness (QED) is 0.164. The zero-order valence-corrected chi connectivity index (χ0v) is 27.7. The Morgan fingerprint density at radius 3 is 1.73 bits per heavy atom. The molecule has 48 heavy (non-hydrogen) atoms. The van der Waals surface area contributed by atoms with Crippen LogP contribution in [0.1, 0.15) is 16.9 Å². The Morgan fingerprint density at radius 1 is 0.417 bits per heavy atom. The van der Waals surface area contributed by atoms with Crippen molar-refractivity contribution in [1.82, 2.24) is 0 Å². The topological polar surface area (TPSA) is 0 Å². The molecule has 11 rings (SSSR count). The fraction of sp³-hybridized carbons (Fsp3) is 0.0435. The van der Waals surface area contributed by atoms with E-state index in [1.54, 1.807) is 0 Å². The van der Waals surface area contributed by atoms with E-state index in [1.807, 2.05) is 22.7 Å². The van der Waals surface area contributed by atoms with Crippen molar-refractivity contribution in [2.24, 2.45) is 0 Å². The predicted molar refractivity (Wildman–Crippen MR) is 213 cm³/mol. The van der Waals surface area contributed by atoms with Crippen molar-refractivity contribution in [2.45, 2.75) is 12.8 Å². The molecule has 0 spiro atoms. The van der Waals surface area contributed by atoms with Gasteiger partial charge in [-0.2, -0.15) is 0 Å². The van der Waals surface area contributed by atoms with Crippen LogP contribution in [0.4, 0.5) is 0 Å². The van der Waals surface area contributed by atoms with E-state index < -0.39 is 0 Å². The van der Waals surface area contributed by atoms with E-state index in [2.05, 4.69) is 146 Å². The molecule has 224 valence electrons. The molecular weight excluding hydrogens is 617 g/mol. The second-order valence-corrected chi connectivity index (χ2v) is 15.2. The molecule has 0 saturated carbocycles. The zero-order valence-electron chi connectivity index (χ0n) is 26.1. The lowest BCUT2D eigenvalue weighted by Crippen LogP contribution is -1.91. The number of hydrogen-bond donors (Lipinski definition) is 0. The third-order valence-corrected chi connectivity index (χ3v) is 12.8. The average Bonchev–Trinajstić information content (AvgIpc) is 3.72. The molecule has 0 aliphatic heterocycles. The summed E-state index contributed by atoms with van der Waals surface area (Å²) in [7, 11) is 0. The minimum Gasteiger partial charge on any atom is -0.136 e. The molecule has 0 N–H and O–H groups in total. The lowest BCUT2D eigenvalue weighted by atomic mass is 9.85. The SMILES string of the molecule is C1=Cc2sc3ccc4c(ccc5sc6cc(-c7c8ccccc8c(-c8ccc9ccccc9c8)c8ccccc78)ccc6c54)c3c2CC1. The fourth-order valence-electron chi connectivity index (χ4n) is 8.41. The van der Waals surface area contributed by atoms with Crippen molar-refractivity contribution in [3.63, 3.8) is 0 Å². The number of thiophene rings is 2. The Morgan fingerprint density at radius 2 is 1.00 bits per heavy atom. The molecule has 2 heterocycles. The van der Waals surface area contributed by atoms with Gasteiger partial charge in [-0.25, -0.2) is 0 Å². The molecule has 0 amide bonds. The Bertz CT molecular complexity index is 2950. The standard InChI is InChI=1S/C46H28S2/c1-2-10-28-25-29(18-17-27(28)9-1)43-31-11-3-5-13-33(31)44(34-14-6-4-12-32(34)43)30-19-20-38-42(26-30)48-41-24-22-35-36(46(38)41)21-23-40-45(35)37-15-7-8-16-39(37)47-40/h1-6,8-14,16-26H,7,15H2. The normalized spacial score (nSPS) is 13.2. The predicted octanol–water partition coefficient (Wildman–Crippen LogP) is 14.2. The molecule has 2 heteroatoms. The molecule has 0 bridgehead atoms. The Kier molecular flexibility index (Phi) is 5.63. The van der Waals surface area contributed by atoms with Crippen molar-refractivity contribution in [3.05, 3.63) is 150 Å². The van der Waals surface area contributed by atoms with Gasteiger partial charge in [0.2, 0.25) is 0 Å². The third kappa shape index (κ3) is 3.76. The van der Waals surface area contributed by atoms with Crippen LogP contribution < -0.4 is 0 Å². The maximum absolute atomic E-state index is 2.45. The summed E-state index contributed by atoms with van der Waals surface area (Å²) in [5.74, 6) is 0. The van der Waals surface area contributed by atoms with Crippen LogP contribution in [0.5, 0.6) is 0 Å². The molecule has 0 nitrogen and oxygen atoms in total. The first-order chi connectivity index (χ1) is 23.8. The summed E-state index contributed by atoms with van der Waals surface area (Å²) in [4.78, 5) is 1.44. The van der Waals surface area contributed by atoms with Gasteiger partial charge in [-0.15, -0.1) is 22.7 Å². The monoisotopic (exact) mass is 644 g/mol. The van der Waals surface area contributed by atoms with Gasteiger partial charge in [0.15, 0.2) is 0 Å². The maximum atomic E-state index is 2.45. The summed E-state index contributed by atoms with van der Waals surface area (Å²) in [5.41, 5.74) is 6.70. The van der Waals surface area contributed by atoms with E-state index >= 15 is 0 Å². The Balaban J connectivity index is 1.16. The summed E-state index contributed by atoms with van der Waals surface area (Å²) < 4.78 is 4.11. The molecule has 0 saturated heterocycles. The number of fused-ring (bicyclic) bond motifs is 12. The molecule has 8 aromatic carbocycles. The molecule has 1 aliphatic rings. The largest absolute Gasteiger partial charge is 0.136 e. The van der Waals surface area contributed by atoms with Gasteiger partial charge in [-0.05, 0) is 114 Å². The van der Waals surface area contributed by atoms with Crippen LogP contribution >= 0.6 is 22.7 Å². The Labute approximate surface area is 285 Å². The molecule has 10 aromatic rings. The first-order valence-corrected chi connectivity index (χ1v) is 18.4. The smallest absolute Gasteiger partial charge is 0.0361 e. The van der Waals surface area contributed by atoms with Crippen molar-refractivity contribution in [1.29, 1.82) is 0 Å². The number of benzene rings is 8. The van der Waals surface area contributed by atoms with Crippen LogP contribution in [0.3, 0.4) is 0 Å². The summed E-state index contributed by atoms with van der Waals surface area (Å²) in [6, 6.07) is 50.2. The first-order valence-electron chi connectivity index (χ1n) is 16.7. The van der Waals surface area contributed by atoms with E-state index in [4.69, 9.17) is 0 Å². The molecular formula is C46H28S2. The van der Waals surface area contributed by atoms with E-state index in [0.29, 0.717) is 0 Å². The molecule has 2 aromatic heterocycles. The van der Waals surface area contributed by atoms with Gasteiger partial charge in [-0.3, -0.25) is 0 Å². The van der Waals surface area contributed by atoms with Gasteiger partial charge >= 0.3 is 0 Å². The van der Waals surface area contributed by atoms with Crippen LogP contribution in [0.15, 0.2) is 140 Å². The highest BCUT2D eigenvalue weighted by Crippen LogP contribution is 2.48. The summed E-state index contributed by atoms with van der Waals surface area (Å²) in [6.45, 7) is 0. The lowest BCUT2D eigenvalue weighted by Gasteiger charge is -2.18. The van der Waals surface area contributed by atoms with E-state index in [0.717, 1.165) is 12.8 Å². The van der Waals surface area contributed by atoms with Gasteiger partial charge in [-0.1, -0.05) is 115 Å². The number of aryl methyl sites for hydroxylation is 1. The summed E-state index contributed by atoms with van der Waals surface area (Å²) in [5, 5.41) is 14.7. The van der Waals surface area contributed by atoms with Gasteiger partial charge in [0, 0.05) is 35.1 Å². The van der Waals surface area contributed by atoms with Crippen LogP contribution in [-0.4, -0.2) is 0 Å². The van der Waals surface area contributed by atoms with Gasteiger partial charge in [0.1, 0.15) is 0 Å². The maximum Gasteiger partial charge on any atom is 0.0361 e. The molecule has 1 aliphatic carbocycles. The lowest BCUT2D eigenvalue weighted by molar-refractivity contribution is 1.01. The average molecular weight is 645 g/mol. The fourth-order valence-corrected chi connectivity index (χ4v) is 10.8. The van der Waals surface area contributed by atoms with E-state index in [9.17, 15) is 0 Å². The van der Waals surface area contributed by atoms with Crippen molar-refractivity contribution in [2.75, 3.05) is 0 Å². The van der Waals surface area contributed by atoms with Gasteiger partial charge in [0.25, 0.3) is 0 Å². The molecule has 0 radical (unpaired) electrons. The summed E-state index contributed by atoms with van der Waals surface area (Å²) >= 11 is 3.87. The van der Waals surface area contributed by atoms with E-state index in [-0.39, 0.29) is 0 Å². The van der Waals surface area contributed by atoms with Crippen LogP contribution in [0.25, 0.3) is 102 Å². The minimum absolute atomic E-state index is 1.13. The van der Waals surface area contributed by atoms with Crippen molar-refractivity contribution >= 4 is 102 Å². The zero-order chi connectivity index (χ0) is 31.3. The van der Waals surface area contributed by atoms with Crippen LogP contribution in [0.2, 0.25) is 0 Å². The second kappa shape index (κ2) is 10.1. The van der Waals surface area contributed by atoms with Crippen molar-refractivity contribution < 1.29 is 0 Å². The highest BCUT2D eigenvalue weighted by Gasteiger charge is 2.20. The van der Waals surface area contributed by atoms with E-state index in [1.165, 1.54) is 106 Å². The molecule has 0 unspecified atom stereocenters. The van der Waals surface area contributed by atoms with Crippen molar-refractivity contribution in [3.8, 4) is 22.3 Å². The summed E-state index contributed by atoms with van der Waals surface area (Å²) in [6.07, 6.45) is 6.93. The highest BCUT2D eigenvalue weighted by atomic mass is 32.1.